The molecule has 1 saturated heterocycles. The Kier molecular flexibility index (Phi) is 6.88. The fraction of sp³-hybridized carbons (Fsp3) is 0.571. The summed E-state index contributed by atoms with van der Waals surface area (Å²) in [6.07, 6.45) is 3.21. The number of imide groups is 1. The van der Waals surface area contributed by atoms with E-state index in [1.54, 1.807) is 18.2 Å². The molecule has 152 valence electrons. The molecule has 1 fully saturated rings. The molecule has 1 N–H and O–H groups in total. The zero-order valence-electron chi connectivity index (χ0n) is 16.5. The second-order valence-electron chi connectivity index (χ2n) is 7.93. The molecule has 1 aromatic rings. The topological polar surface area (TPSA) is 69.7 Å². The summed E-state index contributed by atoms with van der Waals surface area (Å²) in [6.45, 7) is 7.51. The number of amides is 3. The number of likely N-dealkylation sites (tertiary alicyclic amines) is 1. The van der Waals surface area contributed by atoms with E-state index >= 15 is 0 Å². The molecule has 0 spiro atoms. The van der Waals surface area contributed by atoms with Crippen molar-refractivity contribution in [1.82, 2.24) is 15.1 Å². The van der Waals surface area contributed by atoms with Gasteiger partial charge in [-0.05, 0) is 63.4 Å². The number of hydrogen-bond acceptors (Lipinski definition) is 4. The smallest absolute Gasteiger partial charge is 0.261 e. The molecule has 2 aliphatic heterocycles. The molecule has 0 radical (unpaired) electrons. The van der Waals surface area contributed by atoms with Crippen molar-refractivity contribution in [2.24, 2.45) is 5.92 Å². The van der Waals surface area contributed by atoms with Crippen LogP contribution in [0.1, 0.15) is 60.2 Å². The van der Waals surface area contributed by atoms with E-state index in [9.17, 15) is 14.4 Å². The van der Waals surface area contributed by atoms with Gasteiger partial charge < -0.3 is 5.32 Å². The number of halogens is 1. The summed E-state index contributed by atoms with van der Waals surface area (Å²) >= 11 is 3.33. The second-order valence-corrected chi connectivity index (χ2v) is 8.84. The fourth-order valence-corrected chi connectivity index (χ4v) is 4.17. The number of nitrogens with zero attached hydrogens (tertiary/aromatic N) is 2. The minimum Gasteiger partial charge on any atom is -0.355 e. The van der Waals surface area contributed by atoms with Gasteiger partial charge in [-0.25, -0.2) is 0 Å². The van der Waals surface area contributed by atoms with Crippen LogP contribution in [0, 0.1) is 5.92 Å². The zero-order valence-corrected chi connectivity index (χ0v) is 18.1. The lowest BCUT2D eigenvalue weighted by Gasteiger charge is -2.35. The van der Waals surface area contributed by atoms with Gasteiger partial charge in [-0.3, -0.25) is 24.2 Å². The quantitative estimate of drug-likeness (QED) is 0.649. The number of benzene rings is 1. The predicted molar refractivity (Wildman–Crippen MR) is 111 cm³/mol. The summed E-state index contributed by atoms with van der Waals surface area (Å²) in [6, 6.07) is 5.41. The largest absolute Gasteiger partial charge is 0.355 e. The summed E-state index contributed by atoms with van der Waals surface area (Å²) in [5.74, 6) is 0.202. The molecule has 0 aliphatic carbocycles. The average molecular weight is 450 g/mol. The van der Waals surface area contributed by atoms with E-state index in [1.807, 2.05) is 0 Å². The highest BCUT2D eigenvalue weighted by Gasteiger charge is 2.35. The Morgan fingerprint density at radius 3 is 2.61 bits per heavy atom. The summed E-state index contributed by atoms with van der Waals surface area (Å²) in [5.41, 5.74) is 0.857. The zero-order chi connectivity index (χ0) is 20.3. The van der Waals surface area contributed by atoms with Gasteiger partial charge >= 0.3 is 0 Å². The van der Waals surface area contributed by atoms with Crippen LogP contribution in [0.15, 0.2) is 22.7 Å². The summed E-state index contributed by atoms with van der Waals surface area (Å²) in [4.78, 5) is 40.6. The molecule has 2 heterocycles. The highest BCUT2D eigenvalue weighted by Crippen LogP contribution is 2.26. The first-order chi connectivity index (χ1) is 13.4. The number of carbonyl (C=O) groups is 3. The highest BCUT2D eigenvalue weighted by atomic mass is 79.9. The first-order valence-electron chi connectivity index (χ1n) is 10.0. The summed E-state index contributed by atoms with van der Waals surface area (Å²) in [5, 5.41) is 2.99. The van der Waals surface area contributed by atoms with E-state index in [4.69, 9.17) is 0 Å². The monoisotopic (exact) mass is 449 g/mol. The van der Waals surface area contributed by atoms with Crippen LogP contribution in [0.3, 0.4) is 0 Å². The van der Waals surface area contributed by atoms with Crippen molar-refractivity contribution in [1.29, 1.82) is 0 Å². The highest BCUT2D eigenvalue weighted by molar-refractivity contribution is 9.10. The molecule has 1 aromatic carbocycles. The van der Waals surface area contributed by atoms with Crippen molar-refractivity contribution in [2.75, 3.05) is 26.2 Å². The third-order valence-corrected chi connectivity index (χ3v) is 6.25. The minimum atomic E-state index is -0.283. The van der Waals surface area contributed by atoms with Crippen LogP contribution in [-0.4, -0.2) is 59.7 Å². The van der Waals surface area contributed by atoms with Crippen LogP contribution in [0.5, 0.6) is 0 Å². The van der Waals surface area contributed by atoms with E-state index < -0.39 is 0 Å². The third-order valence-electron chi connectivity index (χ3n) is 5.75. The lowest BCUT2D eigenvalue weighted by atomic mass is 9.98. The van der Waals surface area contributed by atoms with E-state index in [1.165, 1.54) is 17.7 Å². The first kappa shape index (κ1) is 21.0. The van der Waals surface area contributed by atoms with Crippen LogP contribution in [0.25, 0.3) is 0 Å². The molecule has 0 aromatic heterocycles. The van der Waals surface area contributed by atoms with E-state index in [0.29, 0.717) is 36.6 Å². The maximum absolute atomic E-state index is 12.4. The predicted octanol–water partition coefficient (Wildman–Crippen LogP) is 3.06. The van der Waals surface area contributed by atoms with E-state index in [2.05, 4.69) is 40.0 Å². The van der Waals surface area contributed by atoms with Crippen LogP contribution in [0.2, 0.25) is 0 Å². The van der Waals surface area contributed by atoms with Crippen molar-refractivity contribution in [3.63, 3.8) is 0 Å². The van der Waals surface area contributed by atoms with Crippen molar-refractivity contribution < 1.29 is 14.4 Å². The van der Waals surface area contributed by atoms with Crippen LogP contribution >= 0.6 is 15.9 Å². The average Bonchev–Trinajstić information content (AvgIpc) is 2.91. The Balaban J connectivity index is 1.40. The molecular weight excluding hydrogens is 422 g/mol. The Bertz CT molecular complexity index is 759. The first-order valence-corrected chi connectivity index (χ1v) is 10.8. The fourth-order valence-electron chi connectivity index (χ4n) is 3.81. The molecule has 0 bridgehead atoms. The molecule has 0 saturated carbocycles. The lowest BCUT2D eigenvalue weighted by molar-refractivity contribution is -0.121. The summed E-state index contributed by atoms with van der Waals surface area (Å²) in [7, 11) is 0. The van der Waals surface area contributed by atoms with Gasteiger partial charge in [0.15, 0.2) is 0 Å². The van der Waals surface area contributed by atoms with Crippen LogP contribution in [0.4, 0.5) is 0 Å². The maximum atomic E-state index is 12.4. The number of nitrogens with one attached hydrogen (secondary N) is 1. The molecular formula is C21H28BrN3O3. The number of piperidine rings is 1. The van der Waals surface area contributed by atoms with Gasteiger partial charge in [0.25, 0.3) is 11.8 Å². The number of carbonyl (C=O) groups excluding carboxylic acids is 3. The van der Waals surface area contributed by atoms with Crippen LogP contribution in [-0.2, 0) is 4.79 Å². The number of rotatable bonds is 7. The van der Waals surface area contributed by atoms with Gasteiger partial charge in [-0.15, -0.1) is 0 Å². The van der Waals surface area contributed by atoms with Gasteiger partial charge in [0.05, 0.1) is 11.1 Å². The molecule has 2 aliphatic rings. The maximum Gasteiger partial charge on any atom is 0.261 e. The number of hydrogen-bond donors (Lipinski definition) is 1. The van der Waals surface area contributed by atoms with Gasteiger partial charge in [-0.2, -0.15) is 0 Å². The molecule has 7 heteroatoms. The normalized spacial score (nSPS) is 19.0. The Hall–Kier alpha value is -1.73. The Morgan fingerprint density at radius 2 is 1.89 bits per heavy atom. The van der Waals surface area contributed by atoms with E-state index in [-0.39, 0.29) is 24.3 Å². The second kappa shape index (κ2) is 9.18. The van der Waals surface area contributed by atoms with Crippen molar-refractivity contribution in [2.45, 2.75) is 45.6 Å². The van der Waals surface area contributed by atoms with Gasteiger partial charge in [-0.1, -0.05) is 22.9 Å². The molecule has 1 atom stereocenters. The van der Waals surface area contributed by atoms with E-state index in [0.717, 1.165) is 23.5 Å². The Morgan fingerprint density at radius 1 is 1.21 bits per heavy atom. The minimum absolute atomic E-state index is 0.0309. The van der Waals surface area contributed by atoms with Gasteiger partial charge in [0.1, 0.15) is 0 Å². The molecule has 3 amide bonds. The standard InChI is InChI=1S/C21H28BrN3O3/c1-14-7-10-24(11-8-14)15(2)13-23-19(26)4-3-9-25-20(27)17-6-5-16(22)12-18(17)21(25)28/h5-6,12,14-15H,3-4,7-11,13H2,1-2H3,(H,23,26). The molecule has 1 unspecified atom stereocenters. The third kappa shape index (κ3) is 4.81. The molecule has 3 rings (SSSR count). The van der Waals surface area contributed by atoms with Gasteiger partial charge in [0.2, 0.25) is 5.91 Å². The Labute approximate surface area is 174 Å². The lowest BCUT2D eigenvalue weighted by Crippen LogP contribution is -2.45. The number of fused-ring (bicyclic) bond motifs is 1. The van der Waals surface area contributed by atoms with Crippen molar-refractivity contribution in [3.8, 4) is 0 Å². The van der Waals surface area contributed by atoms with Crippen molar-refractivity contribution in [3.05, 3.63) is 33.8 Å². The van der Waals surface area contributed by atoms with Gasteiger partial charge in [0, 0.05) is 30.0 Å². The van der Waals surface area contributed by atoms with Crippen molar-refractivity contribution >= 4 is 33.7 Å². The van der Waals surface area contributed by atoms with Crippen LogP contribution < -0.4 is 5.32 Å². The molecule has 28 heavy (non-hydrogen) atoms. The summed E-state index contributed by atoms with van der Waals surface area (Å²) < 4.78 is 0.769. The molecule has 6 nitrogen and oxygen atoms in total. The SMILES string of the molecule is CC1CCN(C(C)CNC(=O)CCCN2C(=O)c3ccc(Br)cc3C2=O)CC1.